The summed E-state index contributed by atoms with van der Waals surface area (Å²) in [6.45, 7) is 0. The van der Waals surface area contributed by atoms with Crippen LogP contribution < -0.4 is 5.73 Å². The summed E-state index contributed by atoms with van der Waals surface area (Å²) in [6.07, 6.45) is 1.72. The molecule has 0 fully saturated rings. The number of nitrogens with zero attached hydrogens (tertiary/aromatic N) is 3. The summed E-state index contributed by atoms with van der Waals surface area (Å²) in [5, 5.41) is 9.02. The van der Waals surface area contributed by atoms with Crippen LogP contribution in [0, 0.1) is 5.82 Å². The molecule has 0 aliphatic carbocycles. The zero-order valence-electron chi connectivity index (χ0n) is 16.7. The average Bonchev–Trinajstić information content (AvgIpc) is 3.29. The van der Waals surface area contributed by atoms with Gasteiger partial charge in [-0.2, -0.15) is 5.10 Å². The molecule has 5 aromatic rings. The maximum atomic E-state index is 13.2. The molecule has 0 bridgehead atoms. The zero-order chi connectivity index (χ0) is 22.1. The van der Waals surface area contributed by atoms with Gasteiger partial charge in [-0.15, -0.1) is 0 Å². The zero-order valence-corrected chi connectivity index (χ0v) is 18.3. The van der Waals surface area contributed by atoms with E-state index in [1.165, 1.54) is 23.9 Å². The number of nitrogen functional groups attached to an aromatic ring is 1. The number of hydrogen-bond acceptors (Lipinski definition) is 5. The molecule has 0 saturated heterocycles. The van der Waals surface area contributed by atoms with Gasteiger partial charge in [-0.3, -0.25) is 5.10 Å². The Kier molecular flexibility index (Phi) is 5.51. The lowest BCUT2D eigenvalue weighted by atomic mass is 10.0. The van der Waals surface area contributed by atoms with Crippen LogP contribution in [0.25, 0.3) is 33.4 Å². The Morgan fingerprint density at radius 1 is 0.938 bits per heavy atom. The first-order valence-corrected chi connectivity index (χ1v) is 11.2. The number of aromatic nitrogens is 4. The van der Waals surface area contributed by atoms with E-state index in [4.69, 9.17) is 27.3 Å². The number of aromatic amines is 1. The van der Waals surface area contributed by atoms with E-state index < -0.39 is 0 Å². The molecule has 0 radical (unpaired) electrons. The first kappa shape index (κ1) is 20.5. The Morgan fingerprint density at radius 2 is 1.69 bits per heavy atom. The van der Waals surface area contributed by atoms with Crippen molar-refractivity contribution in [2.75, 3.05) is 5.73 Å². The third-order valence-corrected chi connectivity index (χ3v) is 6.35. The van der Waals surface area contributed by atoms with Crippen LogP contribution >= 0.6 is 23.4 Å². The molecular formula is C24H17ClFN5S. The van der Waals surface area contributed by atoms with Gasteiger partial charge >= 0.3 is 0 Å². The summed E-state index contributed by atoms with van der Waals surface area (Å²) in [6, 6.07) is 20.0. The molecule has 32 heavy (non-hydrogen) atoms. The van der Waals surface area contributed by atoms with Crippen LogP contribution in [0.5, 0.6) is 0 Å². The molecule has 5 nitrogen and oxygen atoms in total. The highest BCUT2D eigenvalue weighted by Gasteiger charge is 2.18. The number of fused-ring (bicyclic) bond motifs is 1. The molecule has 0 unspecified atom stereocenters. The Bertz CT molecular complexity index is 1400. The normalized spacial score (nSPS) is 11.2. The summed E-state index contributed by atoms with van der Waals surface area (Å²) in [4.78, 5) is 9.61. The molecule has 0 aliphatic rings. The first-order chi connectivity index (χ1) is 15.6. The largest absolute Gasteiger partial charge is 0.381 e. The number of anilines is 1. The molecule has 3 N–H and O–H groups in total. The number of thioether (sulfide) groups is 1. The predicted molar refractivity (Wildman–Crippen MR) is 128 cm³/mol. The number of nitrogens with one attached hydrogen (secondary N) is 1. The van der Waals surface area contributed by atoms with Gasteiger partial charge in [0.25, 0.3) is 0 Å². The molecule has 0 spiro atoms. The lowest BCUT2D eigenvalue weighted by Gasteiger charge is -2.13. The molecule has 0 saturated carbocycles. The molecule has 5 rings (SSSR count). The third-order valence-electron chi connectivity index (χ3n) is 5.00. The fraction of sp³-hybridized carbons (Fsp3) is 0.0417. The van der Waals surface area contributed by atoms with E-state index >= 15 is 0 Å². The summed E-state index contributed by atoms with van der Waals surface area (Å²) >= 11 is 7.95. The van der Waals surface area contributed by atoms with Crippen LogP contribution in [0.2, 0.25) is 5.02 Å². The summed E-state index contributed by atoms with van der Waals surface area (Å²) < 4.78 is 13.2. The molecule has 8 heteroatoms. The molecule has 158 valence electrons. The molecule has 0 atom stereocenters. The fourth-order valence-electron chi connectivity index (χ4n) is 3.42. The van der Waals surface area contributed by atoms with Crippen molar-refractivity contribution in [3.63, 3.8) is 0 Å². The van der Waals surface area contributed by atoms with E-state index in [1.807, 2.05) is 42.5 Å². The third kappa shape index (κ3) is 4.04. The minimum atomic E-state index is -0.265. The van der Waals surface area contributed by atoms with Gasteiger partial charge in [0, 0.05) is 22.3 Å². The minimum Gasteiger partial charge on any atom is -0.381 e. The van der Waals surface area contributed by atoms with Crippen molar-refractivity contribution >= 4 is 40.1 Å². The fourth-order valence-corrected chi connectivity index (χ4v) is 4.54. The van der Waals surface area contributed by atoms with Crippen LogP contribution in [0.3, 0.4) is 0 Å². The standard InChI is InChI=1S/C24H17ClFN5S/c25-19-11-16(10-17-12-28-31-20(17)19)22-21(15-4-2-1-3-5-15)29-23(27)24(30-22)32-13-14-6-8-18(26)9-7-14/h1-12H,13H2,(H2,27,29)(H,28,31). The second-order valence-corrected chi connectivity index (χ2v) is 8.56. The summed E-state index contributed by atoms with van der Waals surface area (Å²) in [5.41, 5.74) is 11.1. The van der Waals surface area contributed by atoms with Gasteiger partial charge in [-0.05, 0) is 29.8 Å². The highest BCUT2D eigenvalue weighted by molar-refractivity contribution is 7.98. The number of nitrogens with two attached hydrogens (primary N) is 1. The van der Waals surface area contributed by atoms with Gasteiger partial charge in [-0.1, -0.05) is 65.8 Å². The molecule has 0 amide bonds. The first-order valence-electron chi connectivity index (χ1n) is 9.81. The Hall–Kier alpha value is -3.42. The molecule has 2 heterocycles. The van der Waals surface area contributed by atoms with Gasteiger partial charge < -0.3 is 5.73 Å². The lowest BCUT2D eigenvalue weighted by Crippen LogP contribution is -2.02. The number of halogens is 2. The van der Waals surface area contributed by atoms with Gasteiger partial charge in [-0.25, -0.2) is 14.4 Å². The molecule has 2 aromatic heterocycles. The van der Waals surface area contributed by atoms with Gasteiger partial charge in [0.2, 0.25) is 0 Å². The second kappa shape index (κ2) is 8.61. The highest BCUT2D eigenvalue weighted by Crippen LogP contribution is 2.37. The Morgan fingerprint density at radius 3 is 2.47 bits per heavy atom. The van der Waals surface area contributed by atoms with E-state index in [1.54, 1.807) is 18.3 Å². The summed E-state index contributed by atoms with van der Waals surface area (Å²) in [5.74, 6) is 0.666. The van der Waals surface area contributed by atoms with Crippen LogP contribution in [-0.4, -0.2) is 20.2 Å². The van der Waals surface area contributed by atoms with Crippen LogP contribution in [-0.2, 0) is 5.75 Å². The number of rotatable bonds is 5. The number of hydrogen-bond donors (Lipinski definition) is 2. The second-order valence-electron chi connectivity index (χ2n) is 7.18. The van der Waals surface area contributed by atoms with Crippen molar-refractivity contribution in [1.82, 2.24) is 20.2 Å². The van der Waals surface area contributed by atoms with Crippen molar-refractivity contribution in [2.24, 2.45) is 0 Å². The van der Waals surface area contributed by atoms with Crippen LogP contribution in [0.15, 0.2) is 78.0 Å². The smallest absolute Gasteiger partial charge is 0.156 e. The van der Waals surface area contributed by atoms with E-state index in [0.717, 1.165) is 27.6 Å². The van der Waals surface area contributed by atoms with Crippen molar-refractivity contribution in [3.8, 4) is 22.5 Å². The predicted octanol–water partition coefficient (Wildman–Crippen LogP) is 6.35. The topological polar surface area (TPSA) is 80.5 Å². The summed E-state index contributed by atoms with van der Waals surface area (Å²) in [7, 11) is 0. The van der Waals surface area contributed by atoms with Gasteiger partial charge in [0.15, 0.2) is 5.82 Å². The SMILES string of the molecule is Nc1nc(-c2ccccc2)c(-c2cc(Cl)c3[nH]ncc3c2)nc1SCc1ccc(F)cc1. The Labute approximate surface area is 192 Å². The highest BCUT2D eigenvalue weighted by atomic mass is 35.5. The van der Waals surface area contributed by atoms with Crippen LogP contribution in [0.4, 0.5) is 10.2 Å². The van der Waals surface area contributed by atoms with Crippen molar-refractivity contribution in [2.45, 2.75) is 10.8 Å². The van der Waals surface area contributed by atoms with E-state index in [2.05, 4.69) is 10.2 Å². The van der Waals surface area contributed by atoms with Crippen molar-refractivity contribution in [1.29, 1.82) is 0 Å². The number of benzene rings is 3. The molecular weight excluding hydrogens is 445 g/mol. The average molecular weight is 462 g/mol. The number of H-pyrrole nitrogens is 1. The van der Waals surface area contributed by atoms with E-state index in [-0.39, 0.29) is 5.82 Å². The quantitative estimate of drug-likeness (QED) is 0.298. The van der Waals surface area contributed by atoms with Gasteiger partial charge in [0.1, 0.15) is 10.8 Å². The monoisotopic (exact) mass is 461 g/mol. The molecule has 3 aromatic carbocycles. The maximum Gasteiger partial charge on any atom is 0.156 e. The Balaban J connectivity index is 1.61. The van der Waals surface area contributed by atoms with Crippen molar-refractivity contribution < 1.29 is 4.39 Å². The minimum absolute atomic E-state index is 0.265. The maximum absolute atomic E-state index is 13.2. The molecule has 0 aliphatic heterocycles. The van der Waals surface area contributed by atoms with E-state index in [9.17, 15) is 4.39 Å². The van der Waals surface area contributed by atoms with Gasteiger partial charge in [0.05, 0.1) is 28.1 Å². The van der Waals surface area contributed by atoms with E-state index in [0.29, 0.717) is 33.0 Å². The van der Waals surface area contributed by atoms with Crippen LogP contribution in [0.1, 0.15) is 5.56 Å². The van der Waals surface area contributed by atoms with Crippen molar-refractivity contribution in [3.05, 3.63) is 89.3 Å². The lowest BCUT2D eigenvalue weighted by molar-refractivity contribution is 0.627.